The fourth-order valence-electron chi connectivity index (χ4n) is 7.43. The van der Waals surface area contributed by atoms with Crippen molar-refractivity contribution in [2.24, 2.45) is 11.8 Å². The van der Waals surface area contributed by atoms with Crippen LogP contribution in [0.2, 0.25) is 0 Å². The van der Waals surface area contributed by atoms with Crippen LogP contribution in [-0.4, -0.2) is 93.5 Å². The number of carbonyl (C=O) groups excluding carboxylic acids is 4. The van der Waals surface area contributed by atoms with Crippen LogP contribution in [0.3, 0.4) is 0 Å². The van der Waals surface area contributed by atoms with E-state index in [1.54, 1.807) is 28.9 Å². The average molecular weight is 717 g/mol. The van der Waals surface area contributed by atoms with Crippen LogP contribution in [0.1, 0.15) is 76.9 Å². The number of esters is 1. The maximum atomic E-state index is 14.4. The molecule has 3 amide bonds. The van der Waals surface area contributed by atoms with E-state index < -0.39 is 47.7 Å². The summed E-state index contributed by atoms with van der Waals surface area (Å²) >= 11 is 3.73. The first-order valence-electron chi connectivity index (χ1n) is 16.9. The molecule has 47 heavy (non-hydrogen) atoms. The van der Waals surface area contributed by atoms with Gasteiger partial charge >= 0.3 is 5.97 Å². The van der Waals surface area contributed by atoms with Crippen molar-refractivity contribution in [1.29, 1.82) is 0 Å². The lowest BCUT2D eigenvalue weighted by Gasteiger charge is -2.37. The molecule has 0 radical (unpaired) electrons. The van der Waals surface area contributed by atoms with Gasteiger partial charge in [-0.2, -0.15) is 0 Å². The molecule has 3 aliphatic rings. The van der Waals surface area contributed by atoms with Gasteiger partial charge in [0, 0.05) is 37.5 Å². The van der Waals surface area contributed by atoms with Gasteiger partial charge in [0.25, 0.3) is 0 Å². The molecule has 3 heterocycles. The molecule has 3 aliphatic heterocycles. The van der Waals surface area contributed by atoms with Crippen LogP contribution in [0.25, 0.3) is 0 Å². The van der Waals surface area contributed by atoms with Crippen molar-refractivity contribution >= 4 is 39.6 Å². The van der Waals surface area contributed by atoms with Crippen LogP contribution >= 0.6 is 15.9 Å². The number of ether oxygens (including phenoxy) is 2. The number of benzene rings is 1. The molecule has 0 saturated carbocycles. The summed E-state index contributed by atoms with van der Waals surface area (Å²) in [4.78, 5) is 58.8. The summed E-state index contributed by atoms with van der Waals surface area (Å²) in [6.45, 7) is 12.5. The number of nitrogens with zero attached hydrogens (tertiary/aromatic N) is 2. The van der Waals surface area contributed by atoms with Crippen molar-refractivity contribution in [2.75, 3.05) is 26.2 Å². The Kier molecular flexibility index (Phi) is 13.2. The van der Waals surface area contributed by atoms with Gasteiger partial charge in [0.05, 0.1) is 24.0 Å². The SMILES string of the molecule is C=CCCC(=O)N[C@@H](C)[C@H](OC(=O)[C@@H]1[C@H]2O[C@@]3(CC2Br)[C@H](C(=O)N(CC=C)CCCCC)N(CCCCO)C(=O)[C@@H]13)c1ccccc1. The first-order valence-corrected chi connectivity index (χ1v) is 17.8. The highest BCUT2D eigenvalue weighted by atomic mass is 79.9. The molecule has 11 heteroatoms. The van der Waals surface area contributed by atoms with Gasteiger partial charge in [-0.3, -0.25) is 19.2 Å². The van der Waals surface area contributed by atoms with E-state index in [1.165, 1.54) is 0 Å². The number of alkyl halides is 1. The predicted molar refractivity (Wildman–Crippen MR) is 182 cm³/mol. The Morgan fingerprint density at radius 1 is 1.19 bits per heavy atom. The van der Waals surface area contributed by atoms with E-state index in [4.69, 9.17) is 9.47 Å². The largest absolute Gasteiger partial charge is 0.455 e. The smallest absolute Gasteiger partial charge is 0.313 e. The molecule has 0 aromatic heterocycles. The van der Waals surface area contributed by atoms with Crippen molar-refractivity contribution in [3.8, 4) is 0 Å². The highest BCUT2D eigenvalue weighted by Gasteiger charge is 2.77. The summed E-state index contributed by atoms with van der Waals surface area (Å²) in [7, 11) is 0. The molecule has 0 aliphatic carbocycles. The molecule has 3 saturated heterocycles. The Hall–Kier alpha value is -3.02. The molecule has 10 nitrogen and oxygen atoms in total. The van der Waals surface area contributed by atoms with Gasteiger partial charge in [0.15, 0.2) is 0 Å². The molecule has 258 valence electrons. The van der Waals surface area contributed by atoms with E-state index in [0.717, 1.165) is 19.3 Å². The van der Waals surface area contributed by atoms with Crippen molar-refractivity contribution < 1.29 is 33.8 Å². The van der Waals surface area contributed by atoms with Crippen molar-refractivity contribution in [3.05, 3.63) is 61.2 Å². The number of rotatable bonds is 19. The van der Waals surface area contributed by atoms with Crippen LogP contribution in [0.4, 0.5) is 0 Å². The standard InChI is InChI=1S/C36H50BrN3O7/c1-5-8-13-20-39(19-7-3)34(44)32-36-23-26(37)31(47-36)28(29(36)33(43)40(32)21-14-15-22-41)35(45)46-30(25-16-11-10-12-17-25)24(4)38-27(42)18-9-6-2/h6-7,10-12,16-17,24,26,28-32,41H,2-3,5,8-9,13-15,18-23H2,1,4H3,(H,38,42)/t24-,26?,28-,29+,30-,31-,32-,36+/m0/s1. The zero-order valence-electron chi connectivity index (χ0n) is 27.7. The lowest BCUT2D eigenvalue weighted by molar-refractivity contribution is -0.162. The lowest BCUT2D eigenvalue weighted by Crippen LogP contribution is -2.57. The molecule has 1 unspecified atom stereocenters. The summed E-state index contributed by atoms with van der Waals surface area (Å²) in [6, 6.07) is 7.72. The van der Waals surface area contributed by atoms with Gasteiger partial charge in [0.2, 0.25) is 17.7 Å². The molecule has 2 N–H and O–H groups in total. The fraction of sp³-hybridized carbons (Fsp3) is 0.611. The zero-order valence-corrected chi connectivity index (χ0v) is 29.2. The Bertz CT molecular complexity index is 1280. The van der Waals surface area contributed by atoms with Crippen molar-refractivity contribution in [1.82, 2.24) is 15.1 Å². The summed E-state index contributed by atoms with van der Waals surface area (Å²) in [5.41, 5.74) is -0.512. The number of amides is 3. The molecular weight excluding hydrogens is 666 g/mol. The number of unbranched alkanes of at least 4 members (excludes halogenated alkanes) is 3. The monoisotopic (exact) mass is 715 g/mol. The number of carbonyl (C=O) groups is 4. The van der Waals surface area contributed by atoms with Gasteiger partial charge in [-0.05, 0) is 44.6 Å². The van der Waals surface area contributed by atoms with E-state index in [2.05, 4.69) is 41.3 Å². The minimum absolute atomic E-state index is 0.0327. The molecule has 8 atom stereocenters. The molecule has 1 aromatic carbocycles. The summed E-state index contributed by atoms with van der Waals surface area (Å²) in [5, 5.41) is 12.4. The third-order valence-corrected chi connectivity index (χ3v) is 10.4. The Balaban J connectivity index is 1.67. The molecule has 1 spiro atoms. The van der Waals surface area contributed by atoms with Crippen molar-refractivity contribution in [3.63, 3.8) is 0 Å². The number of halogens is 1. The number of allylic oxidation sites excluding steroid dienone is 1. The maximum absolute atomic E-state index is 14.4. The minimum atomic E-state index is -1.22. The second-order valence-electron chi connectivity index (χ2n) is 12.9. The van der Waals surface area contributed by atoms with Gasteiger partial charge in [-0.15, -0.1) is 13.2 Å². The van der Waals surface area contributed by atoms with Gasteiger partial charge < -0.3 is 29.7 Å². The molecule has 1 aromatic rings. The first-order chi connectivity index (χ1) is 22.6. The Morgan fingerprint density at radius 2 is 1.94 bits per heavy atom. The third kappa shape index (κ3) is 7.84. The van der Waals surface area contributed by atoms with Crippen LogP contribution in [0.15, 0.2) is 55.6 Å². The molecule has 4 rings (SSSR count). The Labute approximate surface area is 287 Å². The summed E-state index contributed by atoms with van der Waals surface area (Å²) in [6.07, 6.45) is 6.79. The fourth-order valence-corrected chi connectivity index (χ4v) is 8.37. The summed E-state index contributed by atoms with van der Waals surface area (Å²) in [5.74, 6) is -3.18. The second kappa shape index (κ2) is 16.9. The van der Waals surface area contributed by atoms with Crippen LogP contribution in [-0.2, 0) is 28.7 Å². The molecular formula is C36H50BrN3O7. The second-order valence-corrected chi connectivity index (χ2v) is 14.0. The summed E-state index contributed by atoms with van der Waals surface area (Å²) < 4.78 is 12.9. The number of fused-ring (bicyclic) bond motifs is 1. The number of aliphatic hydroxyl groups excluding tert-OH is 1. The van der Waals surface area contributed by atoms with E-state index in [1.807, 2.05) is 30.3 Å². The van der Waals surface area contributed by atoms with E-state index >= 15 is 0 Å². The zero-order chi connectivity index (χ0) is 34.1. The number of hydrogen-bond acceptors (Lipinski definition) is 7. The quantitative estimate of drug-likeness (QED) is 0.0938. The normalized spacial score (nSPS) is 27.2. The maximum Gasteiger partial charge on any atom is 0.313 e. The van der Waals surface area contributed by atoms with E-state index in [-0.39, 0.29) is 42.1 Å². The van der Waals surface area contributed by atoms with Gasteiger partial charge in [0.1, 0.15) is 17.7 Å². The number of hydrogen-bond donors (Lipinski definition) is 2. The number of nitrogens with one attached hydrogen (secondary N) is 1. The highest BCUT2D eigenvalue weighted by Crippen LogP contribution is 2.60. The van der Waals surface area contributed by atoms with Gasteiger partial charge in [-0.25, -0.2) is 0 Å². The van der Waals surface area contributed by atoms with Gasteiger partial charge in [-0.1, -0.05) is 78.2 Å². The average Bonchev–Trinajstić information content (AvgIpc) is 3.65. The predicted octanol–water partition coefficient (Wildman–Crippen LogP) is 4.47. The van der Waals surface area contributed by atoms with Crippen LogP contribution in [0, 0.1) is 11.8 Å². The molecule has 3 fully saturated rings. The third-order valence-electron chi connectivity index (χ3n) is 9.58. The molecule has 2 bridgehead atoms. The first kappa shape index (κ1) is 36.8. The van der Waals surface area contributed by atoms with Crippen molar-refractivity contribution in [2.45, 2.75) is 99.9 Å². The lowest BCUT2D eigenvalue weighted by atomic mass is 9.70. The topological polar surface area (TPSA) is 125 Å². The Morgan fingerprint density at radius 3 is 2.60 bits per heavy atom. The highest BCUT2D eigenvalue weighted by molar-refractivity contribution is 9.09. The van der Waals surface area contributed by atoms with Crippen LogP contribution in [0.5, 0.6) is 0 Å². The van der Waals surface area contributed by atoms with Crippen LogP contribution < -0.4 is 5.32 Å². The number of aliphatic hydroxyl groups is 1. The minimum Gasteiger partial charge on any atom is -0.455 e. The number of likely N-dealkylation sites (tertiary alicyclic amines) is 1. The van der Waals surface area contributed by atoms with E-state index in [0.29, 0.717) is 44.3 Å². The van der Waals surface area contributed by atoms with E-state index in [9.17, 15) is 24.3 Å².